The molecule has 0 saturated carbocycles. The van der Waals surface area contributed by atoms with Crippen LogP contribution in [0, 0.1) is 0 Å². The van der Waals surface area contributed by atoms with Gasteiger partial charge in [0.25, 0.3) is 5.56 Å². The van der Waals surface area contributed by atoms with Crippen molar-refractivity contribution in [3.8, 4) is 0 Å². The summed E-state index contributed by atoms with van der Waals surface area (Å²) in [5.74, 6) is 0.0741. The molecule has 3 fully saturated rings. The first-order chi connectivity index (χ1) is 25.4. The van der Waals surface area contributed by atoms with Gasteiger partial charge in [0.2, 0.25) is 5.91 Å². The summed E-state index contributed by atoms with van der Waals surface area (Å²) in [5, 5.41) is 27.1. The van der Waals surface area contributed by atoms with E-state index in [2.05, 4.69) is 42.8 Å². The summed E-state index contributed by atoms with van der Waals surface area (Å²) in [4.78, 5) is 53.2. The highest BCUT2D eigenvalue weighted by atomic mass is 32.7. The molecule has 8 heterocycles. The lowest BCUT2D eigenvalue weighted by molar-refractivity contribution is -0.123. The van der Waals surface area contributed by atoms with Crippen LogP contribution >= 0.6 is 25.8 Å². The van der Waals surface area contributed by atoms with Crippen LogP contribution in [0.5, 0.6) is 0 Å². The van der Waals surface area contributed by atoms with Crippen molar-refractivity contribution in [1.82, 2.24) is 39.0 Å². The second-order valence-electron chi connectivity index (χ2n) is 12.8. The molecule has 25 heteroatoms. The number of ether oxygens (including phenoxy) is 2. The van der Waals surface area contributed by atoms with Gasteiger partial charge in [-0.2, -0.15) is 0 Å². The lowest BCUT2D eigenvalue weighted by Crippen LogP contribution is -2.36. The summed E-state index contributed by atoms with van der Waals surface area (Å²) >= 11 is 9.60. The van der Waals surface area contributed by atoms with Crippen molar-refractivity contribution in [2.75, 3.05) is 38.2 Å². The van der Waals surface area contributed by atoms with E-state index in [4.69, 9.17) is 44.5 Å². The van der Waals surface area contributed by atoms with Crippen molar-refractivity contribution < 1.29 is 52.0 Å². The van der Waals surface area contributed by atoms with Gasteiger partial charge in [-0.05, 0) is 30.2 Å². The normalized spacial score (nSPS) is 33.4. The Labute approximate surface area is 309 Å². The molecule has 9 atom stereocenters. The summed E-state index contributed by atoms with van der Waals surface area (Å²) in [6, 6.07) is 0. The van der Waals surface area contributed by atoms with Crippen molar-refractivity contribution in [2.24, 2.45) is 0 Å². The number of hydrogen-bond donors (Lipinski definition) is 6. The molecule has 0 aromatic carbocycles. The number of carbonyl (C=O) groups excluding carboxylic acids is 1. The summed E-state index contributed by atoms with van der Waals surface area (Å²) in [6.45, 7) is -8.83. The molecular weight excluding hydrogens is 780 g/mol. The van der Waals surface area contributed by atoms with Gasteiger partial charge in [-0.25, -0.2) is 24.5 Å². The van der Waals surface area contributed by atoms with Crippen LogP contribution in [0.25, 0.3) is 22.2 Å². The first-order valence-electron chi connectivity index (χ1n) is 16.6. The molecule has 286 valence electrons. The van der Waals surface area contributed by atoms with Crippen molar-refractivity contribution in [1.29, 1.82) is 0 Å². The fourth-order valence-corrected chi connectivity index (χ4v) is 9.89. The fourth-order valence-electron chi connectivity index (χ4n) is 6.94. The summed E-state index contributed by atoms with van der Waals surface area (Å²) < 4.78 is 53.8. The minimum Gasteiger partial charge on any atom is -0.387 e. The highest BCUT2D eigenvalue weighted by Gasteiger charge is 2.51. The SMILES string of the molecule is O=C(CO)NCCn1cnc2c(ncn2[C@@H]2O[C@@H]3COP(O)(=S)O[C@H]4[C@@H](O)[C@H](n5cc6c7c(ncnc75)NCCC6)O[C@@H]4COP(=O)(S)O[C@@H]2C3)c1=O. The van der Waals surface area contributed by atoms with Gasteiger partial charge in [-0.1, -0.05) is 12.2 Å². The first-order valence-corrected chi connectivity index (χ1v) is 21.9. The highest BCUT2D eigenvalue weighted by Crippen LogP contribution is 2.58. The van der Waals surface area contributed by atoms with Gasteiger partial charge in [0.15, 0.2) is 23.6 Å². The molecule has 4 aromatic heterocycles. The van der Waals surface area contributed by atoms with Gasteiger partial charge in [0.05, 0.1) is 31.0 Å². The van der Waals surface area contributed by atoms with E-state index >= 15 is 0 Å². The Morgan fingerprint density at radius 1 is 1.08 bits per heavy atom. The standard InChI is InChI=1S/C28H35N9O12P2S2/c38-8-18(39)29-4-5-35-12-34-25-20(26(35)41)33-13-37(25)27-16-6-15(46-27)9-44-51(43,53)49-22-17(10-45-50(42,52)48-16)47-28(21(22)40)36-7-14-2-1-3-30-23-19(14)24(36)32-11-31-23/h7,11-13,15-17,21-22,27-28,38,40H,1-6,8-10H2,(H,29,39)(H,42,52)(H,43,53)(H,30,31,32)/t15-,16+,17+,21+,22+,27+,28+,50?,51?/m0/s1. The van der Waals surface area contributed by atoms with Crippen molar-refractivity contribution in [3.05, 3.63) is 41.1 Å². The molecule has 21 nitrogen and oxygen atoms in total. The van der Waals surface area contributed by atoms with Gasteiger partial charge in [-0.15, -0.1) is 0 Å². The van der Waals surface area contributed by atoms with Gasteiger partial charge in [-0.3, -0.25) is 32.3 Å². The number of thiol groups is 1. The number of hydrogen-bond acceptors (Lipinski definition) is 17. The third-order valence-corrected chi connectivity index (χ3v) is 12.5. The van der Waals surface area contributed by atoms with Crippen LogP contribution in [0.3, 0.4) is 0 Å². The van der Waals surface area contributed by atoms with Crippen LogP contribution in [0.2, 0.25) is 0 Å². The molecule has 5 N–H and O–H groups in total. The number of imidazole rings is 1. The number of fused-ring (bicyclic) bond motifs is 4. The number of aromatic nitrogens is 7. The molecule has 2 bridgehead atoms. The molecule has 53 heavy (non-hydrogen) atoms. The molecule has 8 rings (SSSR count). The van der Waals surface area contributed by atoms with E-state index in [1.54, 1.807) is 4.57 Å². The largest absolute Gasteiger partial charge is 0.387 e. The number of aryl methyl sites for hydroxylation is 1. The molecule has 4 aliphatic heterocycles. The number of amides is 1. The van der Waals surface area contributed by atoms with E-state index in [-0.39, 0.29) is 37.3 Å². The molecule has 1 amide bonds. The monoisotopic (exact) mass is 815 g/mol. The Kier molecular flexibility index (Phi) is 10.2. The number of carbonyl (C=O) groups is 1. The topological polar surface area (TPSA) is 258 Å². The molecule has 4 aliphatic rings. The van der Waals surface area contributed by atoms with E-state index in [0.29, 0.717) is 11.5 Å². The minimum atomic E-state index is -4.21. The Morgan fingerprint density at radius 3 is 2.75 bits per heavy atom. The number of nitrogens with zero attached hydrogens (tertiary/aromatic N) is 7. The van der Waals surface area contributed by atoms with E-state index in [1.807, 2.05) is 6.20 Å². The van der Waals surface area contributed by atoms with Crippen LogP contribution in [0.15, 0.2) is 30.0 Å². The predicted molar refractivity (Wildman–Crippen MR) is 189 cm³/mol. The maximum atomic E-state index is 13.8. The Bertz CT molecular complexity index is 2200. The number of anilines is 1. The van der Waals surface area contributed by atoms with Crippen molar-refractivity contribution in [3.63, 3.8) is 0 Å². The second kappa shape index (κ2) is 14.6. The predicted octanol–water partition coefficient (Wildman–Crippen LogP) is 0.122. The first kappa shape index (κ1) is 37.1. The molecule has 0 radical (unpaired) electrons. The average Bonchev–Trinajstić information content (AvgIpc) is 3.86. The van der Waals surface area contributed by atoms with Crippen LogP contribution < -0.4 is 16.2 Å². The fraction of sp³-hybridized carbons (Fsp3) is 0.571. The minimum absolute atomic E-state index is 0.0155. The number of nitrogens with one attached hydrogen (secondary N) is 2. The third-order valence-electron chi connectivity index (χ3n) is 9.32. The van der Waals surface area contributed by atoms with E-state index in [9.17, 15) is 24.2 Å². The van der Waals surface area contributed by atoms with Crippen LogP contribution in [0.1, 0.15) is 30.9 Å². The zero-order chi connectivity index (χ0) is 37.1. The van der Waals surface area contributed by atoms with E-state index in [0.717, 1.165) is 30.3 Å². The number of aliphatic hydroxyl groups is 2. The number of aliphatic hydroxyl groups excluding tert-OH is 2. The number of rotatable bonds is 6. The third kappa shape index (κ3) is 7.31. The Balaban J connectivity index is 1.04. The molecule has 0 spiro atoms. The van der Waals surface area contributed by atoms with Gasteiger partial charge in [0, 0.05) is 32.3 Å². The zero-order valence-corrected chi connectivity index (χ0v) is 31.1. The van der Waals surface area contributed by atoms with Crippen LogP contribution in [-0.4, -0.2) is 118 Å². The molecular formula is C28H35N9O12P2S2. The highest BCUT2D eigenvalue weighted by molar-refractivity contribution is 8.44. The lowest BCUT2D eigenvalue weighted by atomic mass is 10.1. The molecule has 4 aromatic rings. The average molecular weight is 816 g/mol. The van der Waals surface area contributed by atoms with E-state index in [1.165, 1.54) is 28.1 Å². The van der Waals surface area contributed by atoms with Crippen LogP contribution in [0.4, 0.5) is 5.82 Å². The summed E-state index contributed by atoms with van der Waals surface area (Å²) in [6.07, 6.45) is -0.305. The summed E-state index contributed by atoms with van der Waals surface area (Å²) in [5.41, 5.74) is 1.07. The van der Waals surface area contributed by atoms with E-state index < -0.39 is 81.2 Å². The second-order valence-corrected chi connectivity index (χ2v) is 18.4. The van der Waals surface area contributed by atoms with Gasteiger partial charge < -0.3 is 44.3 Å². The Morgan fingerprint density at radius 2 is 1.92 bits per heavy atom. The van der Waals surface area contributed by atoms with Crippen molar-refractivity contribution in [2.45, 2.75) is 68.8 Å². The Hall–Kier alpha value is -2.89. The maximum absolute atomic E-state index is 13.8. The summed E-state index contributed by atoms with van der Waals surface area (Å²) in [7, 11) is 0. The molecule has 2 unspecified atom stereocenters. The van der Waals surface area contributed by atoms with Gasteiger partial charge in [0.1, 0.15) is 55.1 Å². The van der Waals surface area contributed by atoms with Crippen molar-refractivity contribution >= 4 is 71.5 Å². The smallest absolute Gasteiger partial charge is 0.386 e. The maximum Gasteiger partial charge on any atom is 0.386 e. The van der Waals surface area contributed by atoms with Gasteiger partial charge >= 0.3 is 13.5 Å². The van der Waals surface area contributed by atoms with Crippen LogP contribution in [-0.2, 0) is 61.7 Å². The molecule has 3 saturated heterocycles. The quantitative estimate of drug-likeness (QED) is 0.112. The molecule has 0 aliphatic carbocycles. The zero-order valence-electron chi connectivity index (χ0n) is 27.6. The lowest BCUT2D eigenvalue weighted by Gasteiger charge is -2.27.